The summed E-state index contributed by atoms with van der Waals surface area (Å²) >= 11 is 0. The number of methoxy groups -OCH3 is 2. The molecule has 3 aromatic rings. The van der Waals surface area contributed by atoms with Crippen LogP contribution < -0.4 is 14.2 Å². The van der Waals surface area contributed by atoms with Crippen LogP contribution in [0.5, 0.6) is 34.5 Å². The van der Waals surface area contributed by atoms with Crippen molar-refractivity contribution in [3.05, 3.63) is 60.2 Å². The van der Waals surface area contributed by atoms with E-state index in [0.717, 1.165) is 18.4 Å². The van der Waals surface area contributed by atoms with Crippen LogP contribution in [0.4, 0.5) is 0 Å². The number of phenolic OH excluding ortho intramolecular Hbond substituents is 3. The van der Waals surface area contributed by atoms with E-state index in [2.05, 4.69) is 6.08 Å². The first-order valence-electron chi connectivity index (χ1n) is 11.4. The lowest BCUT2D eigenvalue weighted by molar-refractivity contribution is 0.334. The molecule has 0 aromatic heterocycles. The van der Waals surface area contributed by atoms with Crippen molar-refractivity contribution in [2.75, 3.05) is 20.8 Å². The Morgan fingerprint density at radius 1 is 0.794 bits per heavy atom. The Morgan fingerprint density at radius 2 is 1.50 bits per heavy atom. The Balaban J connectivity index is 1.65. The molecule has 0 bridgehead atoms. The van der Waals surface area contributed by atoms with E-state index in [-0.39, 0.29) is 23.0 Å². The van der Waals surface area contributed by atoms with E-state index in [1.54, 1.807) is 48.5 Å². The molecule has 3 N–H and O–H groups in total. The highest BCUT2D eigenvalue weighted by molar-refractivity contribution is 5.88. The third kappa shape index (κ3) is 4.91. The summed E-state index contributed by atoms with van der Waals surface area (Å²) in [6, 6.07) is 13.3. The molecule has 0 aliphatic heterocycles. The Hall–Kier alpha value is -3.80. The number of hydrogen-bond donors (Lipinski definition) is 3. The van der Waals surface area contributed by atoms with Crippen molar-refractivity contribution in [2.45, 2.75) is 32.1 Å². The number of rotatable bonds is 7. The minimum absolute atomic E-state index is 0.0254. The molecular formula is C28H30O6. The molecule has 178 valence electrons. The molecule has 0 unspecified atom stereocenters. The van der Waals surface area contributed by atoms with Gasteiger partial charge in [0.2, 0.25) is 0 Å². The summed E-state index contributed by atoms with van der Waals surface area (Å²) in [7, 11) is 2.99. The summed E-state index contributed by atoms with van der Waals surface area (Å²) in [5, 5.41) is 31.3. The minimum atomic E-state index is -0.111. The topological polar surface area (TPSA) is 88.4 Å². The molecule has 0 radical (unpaired) electrons. The van der Waals surface area contributed by atoms with Crippen molar-refractivity contribution in [3.63, 3.8) is 0 Å². The van der Waals surface area contributed by atoms with Gasteiger partial charge in [-0.2, -0.15) is 0 Å². The highest BCUT2D eigenvalue weighted by Gasteiger charge is 2.22. The number of aromatic hydroxyl groups is 3. The van der Waals surface area contributed by atoms with Gasteiger partial charge in [0.15, 0.2) is 23.0 Å². The number of allylic oxidation sites excluding steroid dienone is 1. The predicted molar refractivity (Wildman–Crippen MR) is 132 cm³/mol. The monoisotopic (exact) mass is 462 g/mol. The summed E-state index contributed by atoms with van der Waals surface area (Å²) in [6.45, 7) is 0.409. The molecule has 1 aliphatic carbocycles. The van der Waals surface area contributed by atoms with Gasteiger partial charge < -0.3 is 29.5 Å². The van der Waals surface area contributed by atoms with Gasteiger partial charge in [-0.05, 0) is 73.2 Å². The molecule has 1 saturated carbocycles. The second kappa shape index (κ2) is 10.4. The average Bonchev–Trinajstić information content (AvgIpc) is 2.85. The Morgan fingerprint density at radius 3 is 2.15 bits per heavy atom. The first kappa shape index (κ1) is 23.4. The maximum Gasteiger partial charge on any atom is 0.170 e. The lowest BCUT2D eigenvalue weighted by Gasteiger charge is -2.18. The van der Waals surface area contributed by atoms with Crippen LogP contribution in [0.2, 0.25) is 0 Å². The number of benzene rings is 3. The fraction of sp³-hybridized carbons (Fsp3) is 0.286. The van der Waals surface area contributed by atoms with E-state index in [1.165, 1.54) is 39.1 Å². The molecule has 6 nitrogen and oxygen atoms in total. The zero-order chi connectivity index (χ0) is 24.1. The summed E-state index contributed by atoms with van der Waals surface area (Å²) in [5.41, 5.74) is 3.72. The van der Waals surface area contributed by atoms with Crippen LogP contribution in [0.25, 0.3) is 22.3 Å². The number of ether oxygens (including phenoxy) is 3. The highest BCUT2D eigenvalue weighted by atomic mass is 16.5. The first-order chi connectivity index (χ1) is 16.5. The Labute approximate surface area is 199 Å². The van der Waals surface area contributed by atoms with Crippen LogP contribution in [-0.4, -0.2) is 36.1 Å². The van der Waals surface area contributed by atoms with Crippen molar-refractivity contribution < 1.29 is 29.5 Å². The van der Waals surface area contributed by atoms with Crippen molar-refractivity contribution >= 4 is 0 Å². The molecule has 0 amide bonds. The second-order valence-corrected chi connectivity index (χ2v) is 8.35. The molecule has 6 heteroatoms. The summed E-state index contributed by atoms with van der Waals surface area (Å²) in [4.78, 5) is 0. The predicted octanol–water partition coefficient (Wildman–Crippen LogP) is 6.42. The van der Waals surface area contributed by atoms with Crippen LogP contribution in [0, 0.1) is 0 Å². The molecule has 1 fully saturated rings. The van der Waals surface area contributed by atoms with Crippen LogP contribution in [0.15, 0.2) is 60.2 Å². The zero-order valence-corrected chi connectivity index (χ0v) is 19.5. The highest BCUT2D eigenvalue weighted by Crippen LogP contribution is 2.50. The van der Waals surface area contributed by atoms with Gasteiger partial charge in [-0.15, -0.1) is 0 Å². The van der Waals surface area contributed by atoms with E-state index in [9.17, 15) is 15.3 Å². The number of phenols is 3. The molecule has 1 aliphatic rings. The van der Waals surface area contributed by atoms with Gasteiger partial charge in [-0.25, -0.2) is 0 Å². The molecule has 34 heavy (non-hydrogen) atoms. The van der Waals surface area contributed by atoms with Gasteiger partial charge in [-0.3, -0.25) is 0 Å². The van der Waals surface area contributed by atoms with E-state index in [4.69, 9.17) is 14.2 Å². The van der Waals surface area contributed by atoms with Crippen LogP contribution >= 0.6 is 0 Å². The van der Waals surface area contributed by atoms with E-state index >= 15 is 0 Å². The SMILES string of the molecule is COc1cc(-c2ccc(O)cc2)c(OC)c(O)c1-c1ccc(OCC=C2CCCCC2)c(O)c1. The van der Waals surface area contributed by atoms with Crippen molar-refractivity contribution in [3.8, 4) is 56.8 Å². The summed E-state index contributed by atoms with van der Waals surface area (Å²) < 4.78 is 16.9. The second-order valence-electron chi connectivity index (χ2n) is 8.35. The maximum absolute atomic E-state index is 11.1. The zero-order valence-electron chi connectivity index (χ0n) is 19.5. The Bertz CT molecular complexity index is 1170. The van der Waals surface area contributed by atoms with Crippen molar-refractivity contribution in [1.29, 1.82) is 0 Å². The fourth-order valence-corrected chi connectivity index (χ4v) is 4.38. The van der Waals surface area contributed by atoms with Gasteiger partial charge in [0.25, 0.3) is 0 Å². The Kier molecular flexibility index (Phi) is 7.16. The van der Waals surface area contributed by atoms with Crippen LogP contribution in [-0.2, 0) is 0 Å². The lowest BCUT2D eigenvalue weighted by Crippen LogP contribution is -1.99. The quantitative estimate of drug-likeness (QED) is 0.351. The van der Waals surface area contributed by atoms with Crippen molar-refractivity contribution in [1.82, 2.24) is 0 Å². The van der Waals surface area contributed by atoms with Gasteiger partial charge in [-0.1, -0.05) is 30.2 Å². The van der Waals surface area contributed by atoms with Gasteiger partial charge in [0.1, 0.15) is 18.1 Å². The van der Waals surface area contributed by atoms with E-state index in [1.807, 2.05) is 0 Å². The van der Waals surface area contributed by atoms with Gasteiger partial charge >= 0.3 is 0 Å². The largest absolute Gasteiger partial charge is 0.508 e. The molecular weight excluding hydrogens is 432 g/mol. The number of hydrogen-bond acceptors (Lipinski definition) is 6. The van der Waals surface area contributed by atoms with E-state index in [0.29, 0.717) is 34.8 Å². The maximum atomic E-state index is 11.1. The molecule has 0 heterocycles. The molecule has 0 saturated heterocycles. The van der Waals surface area contributed by atoms with Crippen LogP contribution in [0.3, 0.4) is 0 Å². The van der Waals surface area contributed by atoms with Crippen LogP contribution in [0.1, 0.15) is 32.1 Å². The smallest absolute Gasteiger partial charge is 0.170 e. The average molecular weight is 463 g/mol. The summed E-state index contributed by atoms with van der Waals surface area (Å²) in [6.07, 6.45) is 8.09. The van der Waals surface area contributed by atoms with Crippen molar-refractivity contribution in [2.24, 2.45) is 0 Å². The normalized spacial score (nSPS) is 13.4. The standard InChI is InChI=1S/C28H30O6/c1-32-25-17-22(19-8-11-21(29)12-9-19)28(33-2)27(31)26(25)20-10-13-24(23(30)16-20)34-15-14-18-6-4-3-5-7-18/h8-14,16-17,29-31H,3-7,15H2,1-2H3. The van der Waals surface area contributed by atoms with Gasteiger partial charge in [0, 0.05) is 5.56 Å². The third-order valence-corrected chi connectivity index (χ3v) is 6.17. The fourth-order valence-electron chi connectivity index (χ4n) is 4.38. The molecule has 0 atom stereocenters. The molecule has 3 aromatic carbocycles. The molecule has 4 rings (SSSR count). The summed E-state index contributed by atoms with van der Waals surface area (Å²) in [5.74, 6) is 1.06. The van der Waals surface area contributed by atoms with Gasteiger partial charge in [0.05, 0.1) is 19.8 Å². The third-order valence-electron chi connectivity index (χ3n) is 6.17. The lowest BCUT2D eigenvalue weighted by atomic mass is 9.95. The molecule has 0 spiro atoms. The van der Waals surface area contributed by atoms with E-state index < -0.39 is 0 Å². The first-order valence-corrected chi connectivity index (χ1v) is 11.4. The minimum Gasteiger partial charge on any atom is -0.508 e.